The van der Waals surface area contributed by atoms with E-state index in [2.05, 4.69) is 15.0 Å². The molecule has 1 aromatic carbocycles. The number of amides is 1. The molecule has 0 atom stereocenters. The van der Waals surface area contributed by atoms with E-state index in [9.17, 15) is 13.2 Å². The van der Waals surface area contributed by atoms with Crippen molar-refractivity contribution in [2.45, 2.75) is 37.1 Å². The SMILES string of the molecule is O=C(NCc1ccncc1)C1CCC(CNS(=O)(=O)c2ccc(Cl)cc2)CC1. The van der Waals surface area contributed by atoms with Gasteiger partial charge in [0.2, 0.25) is 15.9 Å². The van der Waals surface area contributed by atoms with Gasteiger partial charge in [0.05, 0.1) is 4.90 Å². The van der Waals surface area contributed by atoms with Gasteiger partial charge in [-0.1, -0.05) is 11.6 Å². The van der Waals surface area contributed by atoms with Gasteiger partial charge in [-0.05, 0) is 73.6 Å². The Hall–Kier alpha value is -1.96. The van der Waals surface area contributed by atoms with Crippen molar-refractivity contribution in [1.82, 2.24) is 15.0 Å². The van der Waals surface area contributed by atoms with Crippen LogP contribution in [-0.2, 0) is 21.4 Å². The summed E-state index contributed by atoms with van der Waals surface area (Å²) in [7, 11) is -3.54. The van der Waals surface area contributed by atoms with Crippen LogP contribution >= 0.6 is 11.6 Å². The number of carbonyl (C=O) groups is 1. The maximum absolute atomic E-state index is 12.4. The Labute approximate surface area is 170 Å². The standard InChI is InChI=1S/C20H24ClN3O3S/c21-18-5-7-19(8-6-18)28(26,27)24-14-15-1-3-17(4-2-15)20(25)23-13-16-9-11-22-12-10-16/h5-12,15,17,24H,1-4,13-14H2,(H,23,25). The molecule has 6 nitrogen and oxygen atoms in total. The molecule has 150 valence electrons. The highest BCUT2D eigenvalue weighted by Gasteiger charge is 2.27. The number of aromatic nitrogens is 1. The molecule has 0 aliphatic heterocycles. The molecular formula is C20H24ClN3O3S. The van der Waals surface area contributed by atoms with Gasteiger partial charge in [-0.25, -0.2) is 13.1 Å². The number of halogens is 1. The van der Waals surface area contributed by atoms with Crippen molar-refractivity contribution in [3.05, 3.63) is 59.4 Å². The lowest BCUT2D eigenvalue weighted by atomic mass is 9.81. The van der Waals surface area contributed by atoms with E-state index in [0.29, 0.717) is 18.1 Å². The van der Waals surface area contributed by atoms with Gasteiger partial charge in [0.1, 0.15) is 0 Å². The first-order valence-corrected chi connectivity index (χ1v) is 11.2. The monoisotopic (exact) mass is 421 g/mol. The zero-order valence-electron chi connectivity index (χ0n) is 15.5. The normalized spacial score (nSPS) is 19.9. The van der Waals surface area contributed by atoms with Gasteiger partial charge >= 0.3 is 0 Å². The summed E-state index contributed by atoms with van der Waals surface area (Å²) in [4.78, 5) is 16.5. The number of pyridine rings is 1. The number of hydrogen-bond donors (Lipinski definition) is 2. The lowest BCUT2D eigenvalue weighted by Crippen LogP contribution is -2.36. The molecule has 3 rings (SSSR count). The van der Waals surface area contributed by atoms with Crippen LogP contribution in [0.2, 0.25) is 5.02 Å². The second kappa shape index (κ2) is 9.49. The Morgan fingerprint density at radius 1 is 1.04 bits per heavy atom. The first kappa shape index (κ1) is 20.8. The third-order valence-electron chi connectivity index (χ3n) is 5.12. The molecule has 0 spiro atoms. The zero-order chi connectivity index (χ0) is 20.0. The molecular weight excluding hydrogens is 398 g/mol. The average molecular weight is 422 g/mol. The summed E-state index contributed by atoms with van der Waals surface area (Å²) in [5.41, 5.74) is 1.02. The van der Waals surface area contributed by atoms with Gasteiger partial charge in [-0.15, -0.1) is 0 Å². The summed E-state index contributed by atoms with van der Waals surface area (Å²) in [6, 6.07) is 9.87. The number of sulfonamides is 1. The molecule has 8 heteroatoms. The largest absolute Gasteiger partial charge is 0.352 e. The lowest BCUT2D eigenvalue weighted by molar-refractivity contribution is -0.126. The second-order valence-electron chi connectivity index (χ2n) is 7.10. The highest BCUT2D eigenvalue weighted by molar-refractivity contribution is 7.89. The molecule has 1 heterocycles. The molecule has 2 aromatic rings. The molecule has 1 aromatic heterocycles. The van der Waals surface area contributed by atoms with E-state index in [1.807, 2.05) is 12.1 Å². The van der Waals surface area contributed by atoms with E-state index in [-0.39, 0.29) is 22.6 Å². The molecule has 0 bridgehead atoms. The zero-order valence-corrected chi connectivity index (χ0v) is 17.0. The Morgan fingerprint density at radius 3 is 2.32 bits per heavy atom. The van der Waals surface area contributed by atoms with Gasteiger partial charge in [0, 0.05) is 36.4 Å². The minimum Gasteiger partial charge on any atom is -0.352 e. The Bertz CT molecular complexity index is 881. The van der Waals surface area contributed by atoms with Crippen molar-refractivity contribution in [3.63, 3.8) is 0 Å². The van der Waals surface area contributed by atoms with Crippen LogP contribution in [0.3, 0.4) is 0 Å². The third kappa shape index (κ3) is 5.77. The quantitative estimate of drug-likeness (QED) is 0.718. The molecule has 1 fully saturated rings. The minimum absolute atomic E-state index is 0.00837. The van der Waals surface area contributed by atoms with Gasteiger partial charge in [-0.2, -0.15) is 0 Å². The maximum atomic E-state index is 12.4. The molecule has 1 amide bonds. The number of hydrogen-bond acceptors (Lipinski definition) is 4. The number of nitrogens with one attached hydrogen (secondary N) is 2. The van der Waals surface area contributed by atoms with Gasteiger partial charge in [0.15, 0.2) is 0 Å². The van der Waals surface area contributed by atoms with E-state index >= 15 is 0 Å². The first-order chi connectivity index (χ1) is 13.4. The second-order valence-corrected chi connectivity index (χ2v) is 9.30. The number of nitrogens with zero attached hydrogens (tertiary/aromatic N) is 1. The van der Waals surface area contributed by atoms with Crippen molar-refractivity contribution in [1.29, 1.82) is 0 Å². The minimum atomic E-state index is -3.54. The number of carbonyl (C=O) groups excluding carboxylic acids is 1. The summed E-state index contributed by atoms with van der Waals surface area (Å²) in [5, 5.41) is 3.48. The van der Waals surface area contributed by atoms with Crippen LogP contribution in [-0.4, -0.2) is 25.9 Å². The van der Waals surface area contributed by atoms with E-state index in [4.69, 9.17) is 11.6 Å². The van der Waals surface area contributed by atoms with Crippen molar-refractivity contribution in [2.24, 2.45) is 11.8 Å². The molecule has 2 N–H and O–H groups in total. The van der Waals surface area contributed by atoms with Crippen LogP contribution in [0.4, 0.5) is 0 Å². The fourth-order valence-corrected chi connectivity index (χ4v) is 4.63. The Kier molecular flexibility index (Phi) is 7.04. The van der Waals surface area contributed by atoms with Gasteiger partial charge < -0.3 is 5.32 Å². The Morgan fingerprint density at radius 2 is 1.68 bits per heavy atom. The molecule has 0 radical (unpaired) electrons. The van der Waals surface area contributed by atoms with Crippen molar-refractivity contribution in [3.8, 4) is 0 Å². The van der Waals surface area contributed by atoms with Crippen molar-refractivity contribution < 1.29 is 13.2 Å². The van der Waals surface area contributed by atoms with Crippen LogP contribution < -0.4 is 10.0 Å². The smallest absolute Gasteiger partial charge is 0.240 e. The van der Waals surface area contributed by atoms with E-state index < -0.39 is 10.0 Å². The predicted molar refractivity (Wildman–Crippen MR) is 108 cm³/mol. The van der Waals surface area contributed by atoms with Crippen LogP contribution in [0, 0.1) is 11.8 Å². The van der Waals surface area contributed by atoms with Gasteiger partial charge in [0.25, 0.3) is 0 Å². The summed E-state index contributed by atoms with van der Waals surface area (Å²) in [6.45, 7) is 0.887. The topological polar surface area (TPSA) is 88.2 Å². The molecule has 28 heavy (non-hydrogen) atoms. The highest BCUT2D eigenvalue weighted by atomic mass is 35.5. The van der Waals surface area contributed by atoms with E-state index in [1.165, 1.54) is 12.1 Å². The van der Waals surface area contributed by atoms with Crippen LogP contribution in [0.25, 0.3) is 0 Å². The summed E-state index contributed by atoms with van der Waals surface area (Å²) < 4.78 is 27.4. The molecule has 1 aliphatic rings. The summed E-state index contributed by atoms with van der Waals surface area (Å²) in [6.07, 6.45) is 6.62. The fourth-order valence-electron chi connectivity index (χ4n) is 3.39. The summed E-state index contributed by atoms with van der Waals surface area (Å²) >= 11 is 5.81. The predicted octanol–water partition coefficient (Wildman–Crippen LogP) is 3.14. The van der Waals surface area contributed by atoms with Crippen molar-refractivity contribution >= 4 is 27.5 Å². The van der Waals surface area contributed by atoms with E-state index in [0.717, 1.165) is 31.2 Å². The molecule has 1 saturated carbocycles. The van der Waals surface area contributed by atoms with Crippen LogP contribution in [0.5, 0.6) is 0 Å². The highest BCUT2D eigenvalue weighted by Crippen LogP contribution is 2.29. The van der Waals surface area contributed by atoms with Gasteiger partial charge in [-0.3, -0.25) is 9.78 Å². The average Bonchev–Trinajstić information content (AvgIpc) is 2.72. The Balaban J connectivity index is 1.42. The van der Waals surface area contributed by atoms with E-state index in [1.54, 1.807) is 24.5 Å². The summed E-state index contributed by atoms with van der Waals surface area (Å²) in [5.74, 6) is 0.300. The maximum Gasteiger partial charge on any atom is 0.240 e. The number of benzene rings is 1. The third-order valence-corrected chi connectivity index (χ3v) is 6.81. The molecule has 0 saturated heterocycles. The molecule has 0 unspecified atom stereocenters. The number of rotatable bonds is 7. The first-order valence-electron chi connectivity index (χ1n) is 9.36. The fraction of sp³-hybridized carbons (Fsp3) is 0.400. The van der Waals surface area contributed by atoms with Crippen LogP contribution in [0.15, 0.2) is 53.7 Å². The lowest BCUT2D eigenvalue weighted by Gasteiger charge is -2.27. The molecule has 1 aliphatic carbocycles. The van der Waals surface area contributed by atoms with Crippen molar-refractivity contribution in [2.75, 3.05) is 6.54 Å². The van der Waals surface area contributed by atoms with Crippen LogP contribution in [0.1, 0.15) is 31.2 Å².